The highest BCUT2D eigenvalue weighted by molar-refractivity contribution is 7.89. The van der Waals surface area contributed by atoms with Gasteiger partial charge in [-0.05, 0) is 35.9 Å². The third-order valence-electron chi connectivity index (χ3n) is 4.72. The van der Waals surface area contributed by atoms with E-state index in [1.165, 1.54) is 4.31 Å². The fourth-order valence-electron chi connectivity index (χ4n) is 3.10. The number of aromatic nitrogens is 2. The Hall–Kier alpha value is -2.88. The fraction of sp³-hybridized carbons (Fsp3) is 0.250. The van der Waals surface area contributed by atoms with Crippen LogP contribution < -0.4 is 5.32 Å². The fourth-order valence-corrected chi connectivity index (χ4v) is 4.51. The lowest BCUT2D eigenvalue weighted by Gasteiger charge is -2.26. The number of sulfonamides is 1. The van der Waals surface area contributed by atoms with Crippen molar-refractivity contribution in [3.8, 4) is 0 Å². The second kappa shape index (κ2) is 8.24. The van der Waals surface area contributed by atoms with Crippen LogP contribution in [0.4, 0.5) is 0 Å². The first kappa shape index (κ1) is 19.4. The normalized spacial score (nSPS) is 15.3. The van der Waals surface area contributed by atoms with E-state index in [-0.39, 0.29) is 17.3 Å². The number of carbonyl (C=O) groups excluding carboxylic acids is 1. The van der Waals surface area contributed by atoms with Crippen LogP contribution in [-0.2, 0) is 21.3 Å². The molecule has 2 aromatic carbocycles. The first-order valence-electron chi connectivity index (χ1n) is 9.20. The maximum atomic E-state index is 12.6. The summed E-state index contributed by atoms with van der Waals surface area (Å²) in [5.74, 6) is -0.234. The van der Waals surface area contributed by atoms with E-state index in [0.717, 1.165) is 11.1 Å². The summed E-state index contributed by atoms with van der Waals surface area (Å²) in [6.07, 6.45) is 3.18. The number of morpholine rings is 1. The largest absolute Gasteiger partial charge is 0.379 e. The molecule has 9 heteroatoms. The zero-order valence-corrected chi connectivity index (χ0v) is 16.4. The molecular formula is C20H20N4O4S. The Labute approximate surface area is 168 Å². The third-order valence-corrected chi connectivity index (χ3v) is 6.63. The average molecular weight is 412 g/mol. The van der Waals surface area contributed by atoms with Crippen LogP contribution in [0.25, 0.3) is 11.0 Å². The lowest BCUT2D eigenvalue weighted by atomic mass is 10.1. The molecule has 4 rings (SSSR count). The van der Waals surface area contributed by atoms with Gasteiger partial charge >= 0.3 is 0 Å². The van der Waals surface area contributed by atoms with E-state index >= 15 is 0 Å². The van der Waals surface area contributed by atoms with Crippen molar-refractivity contribution in [1.82, 2.24) is 19.6 Å². The van der Waals surface area contributed by atoms with Gasteiger partial charge in [0, 0.05) is 37.6 Å². The Morgan fingerprint density at radius 1 is 1.00 bits per heavy atom. The minimum atomic E-state index is -3.52. The summed E-state index contributed by atoms with van der Waals surface area (Å²) in [6, 6.07) is 11.7. The maximum Gasteiger partial charge on any atom is 0.251 e. The van der Waals surface area contributed by atoms with Crippen molar-refractivity contribution >= 4 is 27.0 Å². The highest BCUT2D eigenvalue weighted by Gasteiger charge is 2.26. The molecule has 1 aliphatic heterocycles. The van der Waals surface area contributed by atoms with Crippen LogP contribution in [0, 0.1) is 0 Å². The molecule has 0 atom stereocenters. The standard InChI is InChI=1S/C20H20N4O4S/c25-20(16-3-6-18-19(13-16)22-8-7-21-18)23-14-15-1-4-17(5-2-15)29(26,27)24-9-11-28-12-10-24/h1-8,13H,9-12,14H2,(H,23,25). The maximum absolute atomic E-state index is 12.6. The molecule has 1 amide bonds. The molecule has 29 heavy (non-hydrogen) atoms. The number of hydrogen-bond donors (Lipinski definition) is 1. The Kier molecular flexibility index (Phi) is 5.52. The molecule has 150 valence electrons. The molecule has 1 fully saturated rings. The smallest absolute Gasteiger partial charge is 0.251 e. The Morgan fingerprint density at radius 3 is 2.41 bits per heavy atom. The second-order valence-corrected chi connectivity index (χ2v) is 8.54. The quantitative estimate of drug-likeness (QED) is 0.683. The van der Waals surface area contributed by atoms with Crippen molar-refractivity contribution < 1.29 is 17.9 Å². The molecule has 3 aromatic rings. The molecule has 1 saturated heterocycles. The zero-order chi connectivity index (χ0) is 20.3. The van der Waals surface area contributed by atoms with Gasteiger partial charge in [-0.25, -0.2) is 8.42 Å². The van der Waals surface area contributed by atoms with Crippen LogP contribution in [0.5, 0.6) is 0 Å². The number of rotatable bonds is 5. The molecule has 8 nitrogen and oxygen atoms in total. The predicted octanol–water partition coefficient (Wildman–Crippen LogP) is 1.58. The van der Waals surface area contributed by atoms with Gasteiger partial charge in [-0.15, -0.1) is 0 Å². The first-order valence-corrected chi connectivity index (χ1v) is 10.6. The van der Waals surface area contributed by atoms with Gasteiger partial charge in [0.2, 0.25) is 10.0 Å². The first-order chi connectivity index (χ1) is 14.0. The summed E-state index contributed by atoms with van der Waals surface area (Å²) >= 11 is 0. The monoisotopic (exact) mass is 412 g/mol. The minimum absolute atomic E-state index is 0.234. The Morgan fingerprint density at radius 2 is 1.69 bits per heavy atom. The van der Waals surface area contributed by atoms with Gasteiger partial charge < -0.3 is 10.1 Å². The Bertz CT molecular complexity index is 1130. The van der Waals surface area contributed by atoms with Crippen molar-refractivity contribution in [2.45, 2.75) is 11.4 Å². The van der Waals surface area contributed by atoms with Crippen LogP contribution in [0.2, 0.25) is 0 Å². The van der Waals surface area contributed by atoms with E-state index in [1.54, 1.807) is 54.9 Å². The van der Waals surface area contributed by atoms with E-state index < -0.39 is 10.0 Å². The lowest BCUT2D eigenvalue weighted by Crippen LogP contribution is -2.40. The van der Waals surface area contributed by atoms with Gasteiger partial charge in [-0.1, -0.05) is 12.1 Å². The topological polar surface area (TPSA) is 101 Å². The van der Waals surface area contributed by atoms with Gasteiger partial charge in [-0.3, -0.25) is 14.8 Å². The van der Waals surface area contributed by atoms with Crippen molar-refractivity contribution in [1.29, 1.82) is 0 Å². The number of carbonyl (C=O) groups is 1. The van der Waals surface area contributed by atoms with Crippen LogP contribution >= 0.6 is 0 Å². The van der Waals surface area contributed by atoms with E-state index in [1.807, 2.05) is 0 Å². The molecule has 0 radical (unpaired) electrons. The van der Waals surface area contributed by atoms with E-state index in [0.29, 0.717) is 37.4 Å². The number of amides is 1. The molecule has 0 unspecified atom stereocenters. The van der Waals surface area contributed by atoms with Crippen LogP contribution in [-0.4, -0.2) is 54.9 Å². The minimum Gasteiger partial charge on any atom is -0.379 e. The predicted molar refractivity (Wildman–Crippen MR) is 107 cm³/mol. The average Bonchev–Trinajstić information content (AvgIpc) is 2.78. The number of hydrogen-bond acceptors (Lipinski definition) is 6. The summed E-state index contributed by atoms with van der Waals surface area (Å²) in [6.45, 7) is 1.81. The highest BCUT2D eigenvalue weighted by atomic mass is 32.2. The molecule has 0 bridgehead atoms. The van der Waals surface area contributed by atoms with Crippen molar-refractivity contribution in [3.63, 3.8) is 0 Å². The Balaban J connectivity index is 1.41. The highest BCUT2D eigenvalue weighted by Crippen LogP contribution is 2.18. The summed E-state index contributed by atoms with van der Waals surface area (Å²) in [5, 5.41) is 2.84. The van der Waals surface area contributed by atoms with Crippen molar-refractivity contribution in [2.75, 3.05) is 26.3 Å². The molecule has 1 aliphatic rings. The molecule has 0 saturated carbocycles. The van der Waals surface area contributed by atoms with Gasteiger partial charge in [-0.2, -0.15) is 4.31 Å². The molecule has 1 N–H and O–H groups in total. The number of nitrogens with one attached hydrogen (secondary N) is 1. The van der Waals surface area contributed by atoms with Crippen LogP contribution in [0.1, 0.15) is 15.9 Å². The molecular weight excluding hydrogens is 392 g/mol. The van der Waals surface area contributed by atoms with Gasteiger partial charge in [0.15, 0.2) is 0 Å². The van der Waals surface area contributed by atoms with Crippen LogP contribution in [0.15, 0.2) is 59.8 Å². The number of fused-ring (bicyclic) bond motifs is 1. The lowest BCUT2D eigenvalue weighted by molar-refractivity contribution is 0.0730. The number of ether oxygens (including phenoxy) is 1. The van der Waals surface area contributed by atoms with E-state index in [9.17, 15) is 13.2 Å². The van der Waals surface area contributed by atoms with Crippen molar-refractivity contribution in [2.24, 2.45) is 0 Å². The van der Waals surface area contributed by atoms with Crippen LogP contribution in [0.3, 0.4) is 0 Å². The summed E-state index contributed by atoms with van der Waals surface area (Å²) in [5.41, 5.74) is 2.67. The summed E-state index contributed by atoms with van der Waals surface area (Å²) in [4.78, 5) is 21.0. The third kappa shape index (κ3) is 4.26. The molecule has 0 aliphatic carbocycles. The summed E-state index contributed by atoms with van der Waals surface area (Å²) in [7, 11) is -3.52. The molecule has 0 spiro atoms. The summed E-state index contributed by atoms with van der Waals surface area (Å²) < 4.78 is 31.9. The number of nitrogens with zero attached hydrogens (tertiary/aromatic N) is 3. The SMILES string of the molecule is O=C(NCc1ccc(S(=O)(=O)N2CCOCC2)cc1)c1ccc2nccnc2c1. The van der Waals surface area contributed by atoms with E-state index in [4.69, 9.17) is 4.74 Å². The number of benzene rings is 2. The zero-order valence-electron chi connectivity index (χ0n) is 15.6. The van der Waals surface area contributed by atoms with E-state index in [2.05, 4.69) is 15.3 Å². The van der Waals surface area contributed by atoms with Crippen molar-refractivity contribution in [3.05, 3.63) is 66.0 Å². The second-order valence-electron chi connectivity index (χ2n) is 6.60. The van der Waals surface area contributed by atoms with Gasteiger partial charge in [0.1, 0.15) is 0 Å². The van der Waals surface area contributed by atoms with Gasteiger partial charge in [0.25, 0.3) is 5.91 Å². The molecule has 2 heterocycles. The molecule has 1 aromatic heterocycles. The van der Waals surface area contributed by atoms with Gasteiger partial charge in [0.05, 0.1) is 29.1 Å².